The molecule has 2 aromatic rings. The lowest BCUT2D eigenvalue weighted by atomic mass is 10.0. The van der Waals surface area contributed by atoms with Gasteiger partial charge in [-0.1, -0.05) is 6.07 Å². The molecule has 0 aliphatic carbocycles. The average molecular weight is 249 g/mol. The van der Waals surface area contributed by atoms with Crippen LogP contribution in [0.1, 0.15) is 23.0 Å². The molecule has 0 aliphatic heterocycles. The molecule has 0 spiro atoms. The summed E-state index contributed by atoms with van der Waals surface area (Å²) in [6.45, 7) is 1.59. The van der Waals surface area contributed by atoms with E-state index in [1.165, 1.54) is 24.5 Å². The largest absolute Gasteiger partial charge is 0.307 e. The molecule has 0 fully saturated rings. The molecule has 2 rings (SSSR count). The Morgan fingerprint density at radius 1 is 1.17 bits per heavy atom. The van der Waals surface area contributed by atoms with Crippen molar-refractivity contribution >= 4 is 0 Å². The van der Waals surface area contributed by atoms with Gasteiger partial charge < -0.3 is 5.32 Å². The van der Waals surface area contributed by atoms with Crippen molar-refractivity contribution < 1.29 is 8.78 Å². The summed E-state index contributed by atoms with van der Waals surface area (Å²) < 4.78 is 27.9. The topological polar surface area (TPSA) is 37.8 Å². The molecule has 5 heteroatoms. The SMILES string of the molecule is CNC(c1ncccn1)c1c(F)ccc(C)c1F. The minimum absolute atomic E-state index is 0.0521. The van der Waals surface area contributed by atoms with Gasteiger partial charge in [0.25, 0.3) is 0 Å². The summed E-state index contributed by atoms with van der Waals surface area (Å²) in [5, 5.41) is 2.84. The third-order valence-corrected chi connectivity index (χ3v) is 2.74. The lowest BCUT2D eigenvalue weighted by Gasteiger charge is -2.17. The van der Waals surface area contributed by atoms with E-state index < -0.39 is 17.7 Å². The monoisotopic (exact) mass is 249 g/mol. The van der Waals surface area contributed by atoms with Crippen LogP contribution in [0, 0.1) is 18.6 Å². The molecule has 1 N–H and O–H groups in total. The van der Waals surface area contributed by atoms with Crippen LogP contribution >= 0.6 is 0 Å². The van der Waals surface area contributed by atoms with Crippen LogP contribution in [0.25, 0.3) is 0 Å². The Labute approximate surface area is 104 Å². The maximum Gasteiger partial charge on any atom is 0.149 e. The van der Waals surface area contributed by atoms with Crippen molar-refractivity contribution in [3.63, 3.8) is 0 Å². The number of aromatic nitrogens is 2. The summed E-state index contributed by atoms with van der Waals surface area (Å²) in [6.07, 6.45) is 3.08. The van der Waals surface area contributed by atoms with Gasteiger partial charge in [0.2, 0.25) is 0 Å². The fraction of sp³-hybridized carbons (Fsp3) is 0.231. The molecule has 0 radical (unpaired) electrons. The molecule has 0 amide bonds. The molecule has 1 aromatic carbocycles. The molecule has 94 valence electrons. The summed E-state index contributed by atoms with van der Waals surface area (Å²) in [4.78, 5) is 8.06. The number of halogens is 2. The first-order chi connectivity index (χ1) is 8.65. The van der Waals surface area contributed by atoms with Gasteiger partial charge in [-0.3, -0.25) is 0 Å². The van der Waals surface area contributed by atoms with E-state index in [9.17, 15) is 8.78 Å². The average Bonchev–Trinajstić information content (AvgIpc) is 2.40. The standard InChI is InChI=1S/C13H13F2N3/c1-8-4-5-9(14)10(11(8)15)12(16-2)13-17-6-3-7-18-13/h3-7,12,16H,1-2H3. The van der Waals surface area contributed by atoms with E-state index in [0.717, 1.165) is 0 Å². The highest BCUT2D eigenvalue weighted by molar-refractivity contribution is 5.32. The van der Waals surface area contributed by atoms with Crippen LogP contribution in [0.2, 0.25) is 0 Å². The smallest absolute Gasteiger partial charge is 0.149 e. The van der Waals surface area contributed by atoms with E-state index in [4.69, 9.17) is 0 Å². The normalized spacial score (nSPS) is 12.4. The van der Waals surface area contributed by atoms with Gasteiger partial charge in [-0.2, -0.15) is 0 Å². The minimum Gasteiger partial charge on any atom is -0.307 e. The van der Waals surface area contributed by atoms with Crippen LogP contribution in [-0.2, 0) is 0 Å². The third-order valence-electron chi connectivity index (χ3n) is 2.74. The number of nitrogens with zero attached hydrogens (tertiary/aromatic N) is 2. The van der Waals surface area contributed by atoms with Crippen LogP contribution in [-0.4, -0.2) is 17.0 Å². The highest BCUT2D eigenvalue weighted by Crippen LogP contribution is 2.26. The zero-order valence-corrected chi connectivity index (χ0v) is 10.1. The Hall–Kier alpha value is -1.88. The molecule has 0 saturated carbocycles. The number of benzene rings is 1. The van der Waals surface area contributed by atoms with Gasteiger partial charge in [-0.05, 0) is 31.7 Å². The van der Waals surface area contributed by atoms with Gasteiger partial charge in [0.15, 0.2) is 0 Å². The summed E-state index contributed by atoms with van der Waals surface area (Å²) in [5.74, 6) is -0.838. The second-order valence-electron chi connectivity index (χ2n) is 3.92. The van der Waals surface area contributed by atoms with Gasteiger partial charge in [0.1, 0.15) is 17.5 Å². The maximum atomic E-state index is 14.0. The van der Waals surface area contributed by atoms with Crippen LogP contribution in [0.4, 0.5) is 8.78 Å². The lowest BCUT2D eigenvalue weighted by molar-refractivity contribution is 0.508. The summed E-state index contributed by atoms with van der Waals surface area (Å²) in [6, 6.07) is 3.61. The van der Waals surface area contributed by atoms with Crippen molar-refractivity contribution in [3.05, 3.63) is 59.2 Å². The van der Waals surface area contributed by atoms with E-state index >= 15 is 0 Å². The van der Waals surface area contributed by atoms with Gasteiger partial charge >= 0.3 is 0 Å². The number of nitrogens with one attached hydrogen (secondary N) is 1. The van der Waals surface area contributed by atoms with E-state index in [1.807, 2.05) is 0 Å². The molecule has 0 bridgehead atoms. The Kier molecular flexibility index (Phi) is 3.62. The third kappa shape index (κ3) is 2.22. The first-order valence-corrected chi connectivity index (χ1v) is 5.53. The van der Waals surface area contributed by atoms with Gasteiger partial charge in [0, 0.05) is 18.0 Å². The molecule has 1 atom stereocenters. The van der Waals surface area contributed by atoms with Gasteiger partial charge in [-0.25, -0.2) is 18.7 Å². The number of aryl methyl sites for hydroxylation is 1. The molecule has 18 heavy (non-hydrogen) atoms. The minimum atomic E-state index is -0.703. The molecule has 1 unspecified atom stereocenters. The fourth-order valence-electron chi connectivity index (χ4n) is 1.81. The first-order valence-electron chi connectivity index (χ1n) is 5.53. The number of hydrogen-bond acceptors (Lipinski definition) is 3. The number of hydrogen-bond donors (Lipinski definition) is 1. The van der Waals surface area contributed by atoms with Crippen molar-refractivity contribution in [3.8, 4) is 0 Å². The molecule has 1 aromatic heterocycles. The summed E-state index contributed by atoms with van der Waals surface area (Å²) >= 11 is 0. The van der Waals surface area contributed by atoms with Crippen LogP contribution in [0.15, 0.2) is 30.6 Å². The Morgan fingerprint density at radius 2 is 1.83 bits per heavy atom. The highest BCUT2D eigenvalue weighted by atomic mass is 19.1. The van der Waals surface area contributed by atoms with E-state index in [0.29, 0.717) is 11.4 Å². The molecule has 0 aliphatic rings. The zero-order chi connectivity index (χ0) is 13.1. The maximum absolute atomic E-state index is 14.0. The quantitative estimate of drug-likeness (QED) is 0.907. The number of rotatable bonds is 3. The Morgan fingerprint density at radius 3 is 2.44 bits per heavy atom. The van der Waals surface area contributed by atoms with E-state index in [2.05, 4.69) is 15.3 Å². The van der Waals surface area contributed by atoms with Crippen LogP contribution in [0.3, 0.4) is 0 Å². The van der Waals surface area contributed by atoms with Crippen LogP contribution in [0.5, 0.6) is 0 Å². The van der Waals surface area contributed by atoms with E-state index in [-0.39, 0.29) is 5.56 Å². The van der Waals surface area contributed by atoms with Crippen molar-refractivity contribution in [2.24, 2.45) is 0 Å². The van der Waals surface area contributed by atoms with Crippen molar-refractivity contribution in [2.75, 3.05) is 7.05 Å². The molecule has 3 nitrogen and oxygen atoms in total. The second-order valence-corrected chi connectivity index (χ2v) is 3.92. The Balaban J connectivity index is 2.56. The van der Waals surface area contributed by atoms with Crippen LogP contribution < -0.4 is 5.32 Å². The Bertz CT molecular complexity index is 543. The zero-order valence-electron chi connectivity index (χ0n) is 10.1. The predicted octanol–water partition coefficient (Wildman–Crippen LogP) is 2.37. The highest BCUT2D eigenvalue weighted by Gasteiger charge is 2.23. The molecule has 0 saturated heterocycles. The molecular weight excluding hydrogens is 236 g/mol. The lowest BCUT2D eigenvalue weighted by Crippen LogP contribution is -2.23. The predicted molar refractivity (Wildman–Crippen MR) is 64.0 cm³/mol. The summed E-state index contributed by atoms with van der Waals surface area (Å²) in [7, 11) is 1.61. The van der Waals surface area contributed by atoms with Crippen molar-refractivity contribution in [1.82, 2.24) is 15.3 Å². The molecule has 1 heterocycles. The van der Waals surface area contributed by atoms with Crippen molar-refractivity contribution in [2.45, 2.75) is 13.0 Å². The molecular formula is C13H13F2N3. The fourth-order valence-corrected chi connectivity index (χ4v) is 1.81. The van der Waals surface area contributed by atoms with Crippen molar-refractivity contribution in [1.29, 1.82) is 0 Å². The first kappa shape index (κ1) is 12.6. The van der Waals surface area contributed by atoms with Gasteiger partial charge in [0.05, 0.1) is 6.04 Å². The second kappa shape index (κ2) is 5.18. The summed E-state index contributed by atoms with van der Waals surface area (Å²) in [5.41, 5.74) is 0.339. The van der Waals surface area contributed by atoms with E-state index in [1.54, 1.807) is 20.0 Å². The van der Waals surface area contributed by atoms with Gasteiger partial charge in [-0.15, -0.1) is 0 Å².